The normalized spacial score (nSPS) is 12.3. The Morgan fingerprint density at radius 2 is 2.00 bits per heavy atom. The number of anilines is 1. The number of benzene rings is 1. The van der Waals surface area contributed by atoms with Crippen molar-refractivity contribution in [2.75, 3.05) is 12.8 Å². The maximum absolute atomic E-state index is 5.97. The van der Waals surface area contributed by atoms with E-state index >= 15 is 0 Å². The standard InChI is InChI=1S/C14H17N3/c1-16-14(9-11-5-3-2-4-6-11)12-10-17-8-7-13(12)15/h2-8,10,14,16H,9H2,1H3,(H2,15,17). The number of hydrogen-bond acceptors (Lipinski definition) is 3. The van der Waals surface area contributed by atoms with Crippen LogP contribution >= 0.6 is 0 Å². The molecule has 1 aromatic heterocycles. The van der Waals surface area contributed by atoms with Crippen LogP contribution < -0.4 is 11.1 Å². The van der Waals surface area contributed by atoms with Crippen molar-refractivity contribution in [2.45, 2.75) is 12.5 Å². The number of hydrogen-bond donors (Lipinski definition) is 2. The highest BCUT2D eigenvalue weighted by Gasteiger charge is 2.12. The van der Waals surface area contributed by atoms with Gasteiger partial charge in [-0.25, -0.2) is 0 Å². The Morgan fingerprint density at radius 1 is 1.24 bits per heavy atom. The fourth-order valence-electron chi connectivity index (χ4n) is 1.93. The summed E-state index contributed by atoms with van der Waals surface area (Å²) < 4.78 is 0. The first-order valence-electron chi connectivity index (χ1n) is 5.72. The van der Waals surface area contributed by atoms with Gasteiger partial charge in [-0.1, -0.05) is 30.3 Å². The minimum absolute atomic E-state index is 0.200. The SMILES string of the molecule is CNC(Cc1ccccc1)c1cnccc1N. The zero-order valence-electron chi connectivity index (χ0n) is 9.93. The van der Waals surface area contributed by atoms with Crippen LogP contribution in [-0.2, 0) is 6.42 Å². The summed E-state index contributed by atoms with van der Waals surface area (Å²) in [5, 5.41) is 3.29. The maximum Gasteiger partial charge on any atom is 0.0394 e. The number of nitrogen functional groups attached to an aromatic ring is 1. The van der Waals surface area contributed by atoms with E-state index in [-0.39, 0.29) is 6.04 Å². The second-order valence-electron chi connectivity index (χ2n) is 4.04. The monoisotopic (exact) mass is 227 g/mol. The number of rotatable bonds is 4. The van der Waals surface area contributed by atoms with Crippen molar-refractivity contribution in [1.29, 1.82) is 0 Å². The Hall–Kier alpha value is -1.87. The molecule has 0 aliphatic carbocycles. The third-order valence-corrected chi connectivity index (χ3v) is 2.89. The van der Waals surface area contributed by atoms with Gasteiger partial charge in [0, 0.05) is 29.7 Å². The maximum atomic E-state index is 5.97. The third kappa shape index (κ3) is 2.82. The van der Waals surface area contributed by atoms with E-state index in [2.05, 4.69) is 34.6 Å². The number of likely N-dealkylation sites (N-methyl/N-ethyl adjacent to an activating group) is 1. The summed E-state index contributed by atoms with van der Waals surface area (Å²) in [6, 6.07) is 12.4. The zero-order valence-corrected chi connectivity index (χ0v) is 9.93. The second-order valence-corrected chi connectivity index (χ2v) is 4.04. The number of pyridine rings is 1. The third-order valence-electron chi connectivity index (χ3n) is 2.89. The molecule has 88 valence electrons. The van der Waals surface area contributed by atoms with Gasteiger partial charge in [-0.05, 0) is 25.1 Å². The van der Waals surface area contributed by atoms with Gasteiger partial charge in [0.2, 0.25) is 0 Å². The van der Waals surface area contributed by atoms with E-state index < -0.39 is 0 Å². The average Bonchev–Trinajstić information content (AvgIpc) is 2.38. The van der Waals surface area contributed by atoms with Gasteiger partial charge < -0.3 is 11.1 Å². The average molecular weight is 227 g/mol. The van der Waals surface area contributed by atoms with Crippen LogP contribution in [0, 0.1) is 0 Å². The highest BCUT2D eigenvalue weighted by Crippen LogP contribution is 2.22. The summed E-state index contributed by atoms with van der Waals surface area (Å²) in [6.07, 6.45) is 4.46. The molecule has 1 aromatic carbocycles. The molecule has 17 heavy (non-hydrogen) atoms. The van der Waals surface area contributed by atoms with E-state index in [4.69, 9.17) is 5.73 Å². The van der Waals surface area contributed by atoms with E-state index in [0.717, 1.165) is 17.7 Å². The quantitative estimate of drug-likeness (QED) is 0.841. The van der Waals surface area contributed by atoms with Gasteiger partial charge in [-0.3, -0.25) is 4.98 Å². The van der Waals surface area contributed by atoms with Gasteiger partial charge in [-0.2, -0.15) is 0 Å². The van der Waals surface area contributed by atoms with Crippen LogP contribution in [0.4, 0.5) is 5.69 Å². The first-order chi connectivity index (χ1) is 8.31. The van der Waals surface area contributed by atoms with E-state index in [1.165, 1.54) is 5.56 Å². The van der Waals surface area contributed by atoms with Crippen LogP contribution in [0.3, 0.4) is 0 Å². The molecule has 0 amide bonds. The van der Waals surface area contributed by atoms with Crippen molar-refractivity contribution in [3.8, 4) is 0 Å². The fraction of sp³-hybridized carbons (Fsp3) is 0.214. The molecule has 0 aliphatic rings. The Balaban J connectivity index is 2.21. The Morgan fingerprint density at radius 3 is 2.65 bits per heavy atom. The van der Waals surface area contributed by atoms with Crippen LogP contribution in [0.15, 0.2) is 48.8 Å². The van der Waals surface area contributed by atoms with Crippen molar-refractivity contribution < 1.29 is 0 Å². The molecule has 0 bridgehead atoms. The van der Waals surface area contributed by atoms with Crippen molar-refractivity contribution in [2.24, 2.45) is 0 Å². The molecular weight excluding hydrogens is 210 g/mol. The molecule has 3 heteroatoms. The number of nitrogens with two attached hydrogens (primary N) is 1. The Labute approximate surface area is 102 Å². The molecule has 1 unspecified atom stereocenters. The van der Waals surface area contributed by atoms with Crippen LogP contribution in [-0.4, -0.2) is 12.0 Å². The lowest BCUT2D eigenvalue weighted by Crippen LogP contribution is -2.20. The lowest BCUT2D eigenvalue weighted by molar-refractivity contribution is 0.592. The zero-order chi connectivity index (χ0) is 12.1. The lowest BCUT2D eigenvalue weighted by Gasteiger charge is -2.18. The van der Waals surface area contributed by atoms with Gasteiger partial charge in [0.25, 0.3) is 0 Å². The number of aromatic nitrogens is 1. The molecule has 2 rings (SSSR count). The number of nitrogens with one attached hydrogen (secondary N) is 1. The van der Waals surface area contributed by atoms with E-state index in [1.54, 1.807) is 6.20 Å². The molecule has 0 radical (unpaired) electrons. The molecule has 0 fully saturated rings. The predicted octanol–water partition coefficient (Wildman–Crippen LogP) is 2.17. The van der Waals surface area contributed by atoms with Crippen molar-refractivity contribution in [3.63, 3.8) is 0 Å². The summed E-state index contributed by atoms with van der Waals surface area (Å²) in [6.45, 7) is 0. The molecule has 1 heterocycles. The van der Waals surface area contributed by atoms with Crippen molar-refractivity contribution in [1.82, 2.24) is 10.3 Å². The van der Waals surface area contributed by atoms with Crippen LogP contribution in [0.1, 0.15) is 17.2 Å². The van der Waals surface area contributed by atoms with Gasteiger partial charge in [0.1, 0.15) is 0 Å². The lowest BCUT2D eigenvalue weighted by atomic mass is 9.99. The van der Waals surface area contributed by atoms with E-state index in [1.807, 2.05) is 25.4 Å². The summed E-state index contributed by atoms with van der Waals surface area (Å²) in [5.41, 5.74) is 9.10. The van der Waals surface area contributed by atoms with Crippen LogP contribution in [0.2, 0.25) is 0 Å². The summed E-state index contributed by atoms with van der Waals surface area (Å²) in [5.74, 6) is 0. The Kier molecular flexibility index (Phi) is 3.73. The second kappa shape index (κ2) is 5.46. The highest BCUT2D eigenvalue weighted by atomic mass is 14.9. The molecule has 0 aliphatic heterocycles. The first kappa shape index (κ1) is 11.6. The smallest absolute Gasteiger partial charge is 0.0394 e. The summed E-state index contributed by atoms with van der Waals surface area (Å²) >= 11 is 0. The first-order valence-corrected chi connectivity index (χ1v) is 5.72. The molecule has 0 saturated carbocycles. The topological polar surface area (TPSA) is 50.9 Å². The fourth-order valence-corrected chi connectivity index (χ4v) is 1.93. The molecule has 3 N–H and O–H groups in total. The minimum Gasteiger partial charge on any atom is -0.398 e. The van der Waals surface area contributed by atoms with E-state index in [9.17, 15) is 0 Å². The summed E-state index contributed by atoms with van der Waals surface area (Å²) in [7, 11) is 1.94. The van der Waals surface area contributed by atoms with E-state index in [0.29, 0.717) is 0 Å². The van der Waals surface area contributed by atoms with Crippen LogP contribution in [0.5, 0.6) is 0 Å². The van der Waals surface area contributed by atoms with Crippen molar-refractivity contribution >= 4 is 5.69 Å². The Bertz CT molecular complexity index is 468. The minimum atomic E-state index is 0.200. The predicted molar refractivity (Wildman–Crippen MR) is 70.6 cm³/mol. The molecular formula is C14H17N3. The van der Waals surface area contributed by atoms with Gasteiger partial charge in [0.15, 0.2) is 0 Å². The van der Waals surface area contributed by atoms with Crippen molar-refractivity contribution in [3.05, 3.63) is 59.9 Å². The largest absolute Gasteiger partial charge is 0.398 e. The summed E-state index contributed by atoms with van der Waals surface area (Å²) in [4.78, 5) is 4.14. The molecule has 2 aromatic rings. The van der Waals surface area contributed by atoms with Crippen LogP contribution in [0.25, 0.3) is 0 Å². The van der Waals surface area contributed by atoms with Gasteiger partial charge >= 0.3 is 0 Å². The molecule has 1 atom stereocenters. The van der Waals surface area contributed by atoms with Gasteiger partial charge in [0.05, 0.1) is 0 Å². The number of nitrogens with zero attached hydrogens (tertiary/aromatic N) is 1. The highest BCUT2D eigenvalue weighted by molar-refractivity contribution is 5.46. The molecule has 0 saturated heterocycles. The van der Waals surface area contributed by atoms with Gasteiger partial charge in [-0.15, -0.1) is 0 Å². The molecule has 0 spiro atoms. The molecule has 3 nitrogen and oxygen atoms in total.